The number of carbonyl (C=O) groups is 3. The molecule has 1 saturated carbocycles. The van der Waals surface area contributed by atoms with E-state index in [0.29, 0.717) is 25.4 Å². The first-order valence-electron chi connectivity index (χ1n) is 13.5. The van der Waals surface area contributed by atoms with Crippen molar-refractivity contribution in [2.24, 2.45) is 5.92 Å². The lowest BCUT2D eigenvalue weighted by atomic mass is 9.87. The fourth-order valence-corrected chi connectivity index (χ4v) is 5.45. The average Bonchev–Trinajstić information content (AvgIpc) is 3.51. The predicted molar refractivity (Wildman–Crippen MR) is 141 cm³/mol. The third kappa shape index (κ3) is 6.40. The van der Waals surface area contributed by atoms with Gasteiger partial charge in [0.2, 0.25) is 11.8 Å². The van der Waals surface area contributed by atoms with Crippen molar-refractivity contribution >= 4 is 17.8 Å². The van der Waals surface area contributed by atoms with Crippen LogP contribution in [-0.4, -0.2) is 49.4 Å². The minimum Gasteiger partial charge on any atom is -0.480 e. The summed E-state index contributed by atoms with van der Waals surface area (Å²) in [6.07, 6.45) is 8.07. The molecule has 2 aliphatic rings. The van der Waals surface area contributed by atoms with Gasteiger partial charge in [-0.15, -0.1) is 0 Å². The number of benzene rings is 1. The van der Waals surface area contributed by atoms with Gasteiger partial charge in [0.1, 0.15) is 12.1 Å². The lowest BCUT2D eigenvalue weighted by Gasteiger charge is -2.35. The Morgan fingerprint density at radius 2 is 1.81 bits per heavy atom. The Labute approximate surface area is 219 Å². The van der Waals surface area contributed by atoms with Gasteiger partial charge in [0.05, 0.1) is 24.3 Å². The van der Waals surface area contributed by atoms with Crippen molar-refractivity contribution in [2.45, 2.75) is 103 Å². The zero-order valence-corrected chi connectivity index (χ0v) is 22.5. The van der Waals surface area contributed by atoms with Crippen LogP contribution in [0.5, 0.6) is 0 Å². The molecule has 2 amide bonds. The molecule has 8 nitrogen and oxygen atoms in total. The van der Waals surface area contributed by atoms with Gasteiger partial charge in [-0.25, -0.2) is 4.98 Å². The van der Waals surface area contributed by atoms with E-state index in [0.717, 1.165) is 36.2 Å². The fraction of sp³-hybridized carbons (Fsp3) is 0.586. The van der Waals surface area contributed by atoms with E-state index in [9.17, 15) is 19.5 Å². The Hall–Kier alpha value is -3.16. The molecule has 2 aromatic rings. The Kier molecular flexibility index (Phi) is 8.05. The summed E-state index contributed by atoms with van der Waals surface area (Å²) in [5, 5.41) is 11.8. The largest absolute Gasteiger partial charge is 0.480 e. The second kappa shape index (κ2) is 11.1. The molecule has 0 saturated heterocycles. The summed E-state index contributed by atoms with van der Waals surface area (Å²) >= 11 is 0. The molecule has 2 heterocycles. The average molecular weight is 509 g/mol. The number of imidazole rings is 1. The highest BCUT2D eigenvalue weighted by Crippen LogP contribution is 2.30. The molecule has 0 radical (unpaired) electrons. The van der Waals surface area contributed by atoms with Crippen LogP contribution < -0.4 is 5.32 Å². The van der Waals surface area contributed by atoms with Crippen molar-refractivity contribution in [2.75, 3.05) is 0 Å². The van der Waals surface area contributed by atoms with Crippen LogP contribution in [0.25, 0.3) is 0 Å². The van der Waals surface area contributed by atoms with Gasteiger partial charge >= 0.3 is 5.97 Å². The summed E-state index contributed by atoms with van der Waals surface area (Å²) in [4.78, 5) is 44.1. The third-order valence-corrected chi connectivity index (χ3v) is 7.88. The summed E-state index contributed by atoms with van der Waals surface area (Å²) in [7, 11) is 0. The molecule has 1 fully saturated rings. The molecule has 4 rings (SSSR count). The summed E-state index contributed by atoms with van der Waals surface area (Å²) in [6.45, 7) is 8.92. The fourth-order valence-electron chi connectivity index (χ4n) is 5.45. The van der Waals surface area contributed by atoms with Crippen molar-refractivity contribution in [3.05, 3.63) is 53.1 Å². The van der Waals surface area contributed by atoms with E-state index in [2.05, 4.69) is 59.9 Å². The maximum absolute atomic E-state index is 13.4. The zero-order chi connectivity index (χ0) is 26.7. The smallest absolute Gasteiger partial charge is 0.325 e. The Morgan fingerprint density at radius 1 is 1.14 bits per heavy atom. The van der Waals surface area contributed by atoms with Crippen molar-refractivity contribution < 1.29 is 19.5 Å². The van der Waals surface area contributed by atoms with Gasteiger partial charge in [-0.1, -0.05) is 70.7 Å². The SMILES string of the molecule is CC(NC(=O)C1Cc2ncn(Cc3ccc(C(C)(C)C)cc3)c2CN1C(=O)CCC1CCCC1)C(=O)O. The van der Waals surface area contributed by atoms with Crippen LogP contribution in [0.15, 0.2) is 30.6 Å². The lowest BCUT2D eigenvalue weighted by Crippen LogP contribution is -2.55. The van der Waals surface area contributed by atoms with Gasteiger partial charge in [0, 0.05) is 19.4 Å². The Morgan fingerprint density at radius 3 is 2.43 bits per heavy atom. The lowest BCUT2D eigenvalue weighted by molar-refractivity contribution is -0.145. The number of hydrogen-bond acceptors (Lipinski definition) is 4. The van der Waals surface area contributed by atoms with Gasteiger partial charge in [-0.3, -0.25) is 14.4 Å². The van der Waals surface area contributed by atoms with E-state index in [-0.39, 0.29) is 17.7 Å². The van der Waals surface area contributed by atoms with Crippen LogP contribution in [0.1, 0.15) is 88.7 Å². The standard InChI is InChI=1S/C29H40N4O4/c1-19(28(36)37)31-27(35)24-15-23-25(17-33(24)26(34)14-11-20-7-5-6-8-20)32(18-30-23)16-21-9-12-22(13-10-21)29(2,3)4/h9-10,12-13,18-20,24H,5-8,11,14-17H2,1-4H3,(H,31,35)(H,36,37). The number of nitrogens with one attached hydrogen (secondary N) is 1. The molecule has 0 spiro atoms. The molecule has 2 atom stereocenters. The van der Waals surface area contributed by atoms with Crippen LogP contribution in [0.3, 0.4) is 0 Å². The maximum Gasteiger partial charge on any atom is 0.325 e. The molecule has 2 N–H and O–H groups in total. The Bertz CT molecular complexity index is 1130. The minimum absolute atomic E-state index is 0.0528. The molecule has 200 valence electrons. The Balaban J connectivity index is 1.54. The van der Waals surface area contributed by atoms with E-state index >= 15 is 0 Å². The van der Waals surface area contributed by atoms with Crippen LogP contribution in [0, 0.1) is 5.92 Å². The van der Waals surface area contributed by atoms with Crippen molar-refractivity contribution in [1.82, 2.24) is 19.8 Å². The van der Waals surface area contributed by atoms with Crippen LogP contribution >= 0.6 is 0 Å². The van der Waals surface area contributed by atoms with Crippen molar-refractivity contribution in [1.29, 1.82) is 0 Å². The molecular formula is C29H40N4O4. The molecule has 1 aliphatic heterocycles. The number of carbonyl (C=O) groups excluding carboxylic acids is 2. The molecule has 37 heavy (non-hydrogen) atoms. The van der Waals surface area contributed by atoms with Crippen molar-refractivity contribution in [3.8, 4) is 0 Å². The zero-order valence-electron chi connectivity index (χ0n) is 22.5. The second-order valence-corrected chi connectivity index (χ2v) is 11.7. The highest BCUT2D eigenvalue weighted by molar-refractivity contribution is 5.90. The van der Waals surface area contributed by atoms with Gasteiger partial charge < -0.3 is 19.9 Å². The van der Waals surface area contributed by atoms with E-state index in [4.69, 9.17) is 0 Å². The minimum atomic E-state index is -1.11. The molecule has 8 heteroatoms. The first kappa shape index (κ1) is 26.9. The van der Waals surface area contributed by atoms with E-state index in [1.165, 1.54) is 25.3 Å². The van der Waals surface area contributed by atoms with E-state index in [1.807, 2.05) is 0 Å². The number of carboxylic acid groups (broad SMARTS) is 1. The number of amides is 2. The second-order valence-electron chi connectivity index (χ2n) is 11.7. The van der Waals surface area contributed by atoms with Crippen LogP contribution in [-0.2, 0) is 39.3 Å². The highest BCUT2D eigenvalue weighted by atomic mass is 16.4. The molecular weight excluding hydrogens is 468 g/mol. The topological polar surface area (TPSA) is 105 Å². The number of aromatic nitrogens is 2. The van der Waals surface area contributed by atoms with Crippen LogP contribution in [0.2, 0.25) is 0 Å². The molecule has 1 aliphatic carbocycles. The number of hydrogen-bond donors (Lipinski definition) is 2. The number of carboxylic acids is 1. The van der Waals surface area contributed by atoms with Gasteiger partial charge in [-0.2, -0.15) is 0 Å². The number of rotatable bonds is 8. The van der Waals surface area contributed by atoms with Gasteiger partial charge in [0.15, 0.2) is 0 Å². The molecule has 1 aromatic heterocycles. The number of fused-ring (bicyclic) bond motifs is 1. The first-order valence-corrected chi connectivity index (χ1v) is 13.5. The highest BCUT2D eigenvalue weighted by Gasteiger charge is 2.37. The molecule has 1 aromatic carbocycles. The summed E-state index contributed by atoms with van der Waals surface area (Å²) < 4.78 is 2.06. The number of aliphatic carboxylic acids is 1. The third-order valence-electron chi connectivity index (χ3n) is 7.88. The van der Waals surface area contributed by atoms with E-state index < -0.39 is 24.0 Å². The quantitative estimate of drug-likeness (QED) is 0.560. The normalized spacial score (nSPS) is 18.9. The van der Waals surface area contributed by atoms with E-state index in [1.54, 1.807) is 11.2 Å². The maximum atomic E-state index is 13.4. The van der Waals surface area contributed by atoms with Crippen molar-refractivity contribution in [3.63, 3.8) is 0 Å². The van der Waals surface area contributed by atoms with Gasteiger partial charge in [-0.05, 0) is 35.8 Å². The summed E-state index contributed by atoms with van der Waals surface area (Å²) in [6, 6.07) is 6.77. The monoisotopic (exact) mass is 508 g/mol. The molecule has 2 unspecified atom stereocenters. The van der Waals surface area contributed by atoms with Crippen LogP contribution in [0.4, 0.5) is 0 Å². The van der Waals surface area contributed by atoms with Gasteiger partial charge in [0.25, 0.3) is 0 Å². The summed E-state index contributed by atoms with van der Waals surface area (Å²) in [5.74, 6) is -1.03. The number of nitrogens with zero attached hydrogens (tertiary/aromatic N) is 3. The first-order chi connectivity index (χ1) is 17.5. The molecule has 0 bridgehead atoms. The summed E-state index contributed by atoms with van der Waals surface area (Å²) in [5.41, 5.74) is 4.22. The predicted octanol–water partition coefficient (Wildman–Crippen LogP) is 4.04.